The highest BCUT2D eigenvalue weighted by atomic mass is 16.6. The summed E-state index contributed by atoms with van der Waals surface area (Å²) in [5.41, 5.74) is 0. The Morgan fingerprint density at radius 1 is 0.323 bits per heavy atom. The van der Waals surface area contributed by atoms with Crippen molar-refractivity contribution in [2.24, 2.45) is 0 Å². The molecule has 0 saturated heterocycles. The lowest BCUT2D eigenvalue weighted by atomic mass is 10.1. The molecule has 0 aromatic heterocycles. The number of unbranched alkanes of at least 4 members (excludes halogenated alkanes) is 14. The smallest absolute Gasteiger partial charge is 0.306 e. The van der Waals surface area contributed by atoms with Gasteiger partial charge in [-0.05, 0) is 109 Å². The summed E-state index contributed by atoms with van der Waals surface area (Å²) in [4.78, 5) is 37.7. The van der Waals surface area contributed by atoms with Gasteiger partial charge in [-0.2, -0.15) is 0 Å². The molecule has 6 nitrogen and oxygen atoms in total. The molecule has 0 aliphatic heterocycles. The third-order valence-electron chi connectivity index (χ3n) is 10.5. The predicted octanol–water partition coefficient (Wildman–Crippen LogP) is 17.3. The lowest BCUT2D eigenvalue weighted by Gasteiger charge is -2.18. The molecule has 0 amide bonds. The van der Waals surface area contributed by atoms with Crippen molar-refractivity contribution in [3.8, 4) is 0 Å². The normalized spacial score (nSPS) is 13.1. The number of hydrogen-bond donors (Lipinski definition) is 0. The van der Waals surface area contributed by atoms with E-state index in [1.807, 2.05) is 0 Å². The summed E-state index contributed by atoms with van der Waals surface area (Å²) in [6.45, 7) is 6.27. The zero-order valence-electron chi connectivity index (χ0n) is 41.7. The van der Waals surface area contributed by atoms with Crippen LogP contribution in [0.5, 0.6) is 0 Å². The van der Waals surface area contributed by atoms with E-state index < -0.39 is 6.10 Å². The molecule has 0 rings (SSSR count). The Kier molecular flexibility index (Phi) is 49.1. The van der Waals surface area contributed by atoms with Crippen LogP contribution in [0, 0.1) is 0 Å². The summed E-state index contributed by atoms with van der Waals surface area (Å²) in [5.74, 6) is -0.955. The van der Waals surface area contributed by atoms with Crippen LogP contribution in [-0.2, 0) is 28.6 Å². The van der Waals surface area contributed by atoms with Gasteiger partial charge in [-0.3, -0.25) is 14.4 Å². The predicted molar refractivity (Wildman–Crippen MR) is 279 cm³/mol. The van der Waals surface area contributed by atoms with Crippen molar-refractivity contribution in [1.82, 2.24) is 0 Å². The van der Waals surface area contributed by atoms with Crippen LogP contribution in [0.2, 0.25) is 0 Å². The highest BCUT2D eigenvalue weighted by Crippen LogP contribution is 2.12. The first kappa shape index (κ1) is 60.8. The molecule has 0 saturated carbocycles. The molecule has 0 N–H and O–H groups in total. The van der Waals surface area contributed by atoms with Gasteiger partial charge in [0.15, 0.2) is 6.10 Å². The number of esters is 3. The molecule has 1 atom stereocenters. The number of ether oxygens (including phenoxy) is 3. The van der Waals surface area contributed by atoms with Gasteiger partial charge in [-0.25, -0.2) is 0 Å². The highest BCUT2D eigenvalue weighted by Gasteiger charge is 2.19. The molecule has 0 aromatic carbocycles. The third-order valence-corrected chi connectivity index (χ3v) is 10.5. The Labute approximate surface area is 399 Å². The van der Waals surface area contributed by atoms with Crippen molar-refractivity contribution < 1.29 is 28.6 Å². The second-order valence-corrected chi connectivity index (χ2v) is 16.7. The lowest BCUT2D eigenvalue weighted by molar-refractivity contribution is -0.167. The van der Waals surface area contributed by atoms with Crippen molar-refractivity contribution >= 4 is 17.9 Å². The minimum atomic E-state index is -0.794. The molecule has 0 radical (unpaired) electrons. The molecular formula is C59H94O6. The Morgan fingerprint density at radius 3 is 0.938 bits per heavy atom. The quantitative estimate of drug-likeness (QED) is 0.0262. The van der Waals surface area contributed by atoms with Crippen LogP contribution in [0.3, 0.4) is 0 Å². The minimum Gasteiger partial charge on any atom is -0.462 e. The van der Waals surface area contributed by atoms with Crippen LogP contribution in [0.1, 0.15) is 213 Å². The minimum absolute atomic E-state index is 0.0954. The van der Waals surface area contributed by atoms with Gasteiger partial charge in [0.25, 0.3) is 0 Å². The molecule has 0 aliphatic carbocycles. The van der Waals surface area contributed by atoms with Crippen LogP contribution in [0.25, 0.3) is 0 Å². The molecule has 1 unspecified atom stereocenters. The molecule has 6 heteroatoms. The van der Waals surface area contributed by atoms with Crippen molar-refractivity contribution in [2.75, 3.05) is 13.2 Å². The largest absolute Gasteiger partial charge is 0.462 e. The monoisotopic (exact) mass is 899 g/mol. The second-order valence-electron chi connectivity index (χ2n) is 16.7. The summed E-state index contributed by atoms with van der Waals surface area (Å²) in [7, 11) is 0. The van der Waals surface area contributed by atoms with Gasteiger partial charge >= 0.3 is 17.9 Å². The fourth-order valence-electron chi connectivity index (χ4n) is 6.61. The van der Waals surface area contributed by atoms with Gasteiger partial charge in [0.05, 0.1) is 0 Å². The number of rotatable bonds is 45. The van der Waals surface area contributed by atoms with E-state index in [9.17, 15) is 14.4 Å². The topological polar surface area (TPSA) is 78.9 Å². The summed E-state index contributed by atoms with van der Waals surface area (Å²) < 4.78 is 16.6. The summed E-state index contributed by atoms with van der Waals surface area (Å²) >= 11 is 0. The fourth-order valence-corrected chi connectivity index (χ4v) is 6.61. The van der Waals surface area contributed by atoms with Crippen molar-refractivity contribution in [2.45, 2.75) is 219 Å². The maximum absolute atomic E-state index is 12.7. The number of hydrogen-bond acceptors (Lipinski definition) is 6. The zero-order valence-corrected chi connectivity index (χ0v) is 41.7. The standard InChI is InChI=1S/C59H94O6/c1-4-7-10-13-15-17-19-21-23-24-25-26-27-28-29-30-31-32-33-34-36-37-39-41-43-46-49-52-58(61)64-55-56(54-63-57(60)51-48-45-12-9-6-3)65-59(62)53-50-47-44-42-40-38-35-22-20-18-16-14-11-8-5-2/h7-8,10-11,15-18,21-23,25-26,28-29,31-32,34-36,56H,4-6,9,12-14,19-20,24,27,30,33,37-55H2,1-3H3/b10-7-,11-8-,17-15-,18-16-,23-21-,26-25-,29-28-,32-31-,35-22-,36-34-. The molecule has 366 valence electrons. The summed E-state index contributed by atoms with van der Waals surface area (Å²) in [6, 6.07) is 0. The Morgan fingerprint density at radius 2 is 0.600 bits per heavy atom. The molecule has 0 spiro atoms. The molecule has 0 aromatic rings. The zero-order chi connectivity index (χ0) is 47.2. The average molecular weight is 899 g/mol. The van der Waals surface area contributed by atoms with Crippen molar-refractivity contribution in [3.05, 3.63) is 122 Å². The number of allylic oxidation sites excluding steroid dienone is 20. The number of carbonyl (C=O) groups excluding carboxylic acids is 3. The third kappa shape index (κ3) is 50.7. The van der Waals surface area contributed by atoms with E-state index in [-0.39, 0.29) is 31.1 Å². The Hall–Kier alpha value is -4.19. The van der Waals surface area contributed by atoms with E-state index in [0.29, 0.717) is 19.3 Å². The van der Waals surface area contributed by atoms with E-state index in [1.165, 1.54) is 0 Å². The fraction of sp³-hybridized carbons (Fsp3) is 0.610. The first-order valence-corrected chi connectivity index (χ1v) is 26.0. The van der Waals surface area contributed by atoms with Crippen LogP contribution in [0.15, 0.2) is 122 Å². The Balaban J connectivity index is 4.21. The molecule has 0 heterocycles. The van der Waals surface area contributed by atoms with Gasteiger partial charge < -0.3 is 14.2 Å². The Bertz CT molecular complexity index is 1400. The van der Waals surface area contributed by atoms with Gasteiger partial charge in [0.2, 0.25) is 0 Å². The van der Waals surface area contributed by atoms with Gasteiger partial charge in [0.1, 0.15) is 13.2 Å². The average Bonchev–Trinajstić information content (AvgIpc) is 3.30. The van der Waals surface area contributed by atoms with Gasteiger partial charge in [0, 0.05) is 19.3 Å². The first-order valence-electron chi connectivity index (χ1n) is 26.0. The van der Waals surface area contributed by atoms with E-state index in [1.54, 1.807) is 0 Å². The van der Waals surface area contributed by atoms with Crippen molar-refractivity contribution in [3.63, 3.8) is 0 Å². The van der Waals surface area contributed by atoms with Crippen LogP contribution in [-0.4, -0.2) is 37.2 Å². The SMILES string of the molecule is CC/C=C\C/C=C\C/C=C\C/C=C\C/C=C\C/C=C\C/C=C\CCCCCCCC(=O)OCC(COC(=O)CCCCCCC)OC(=O)CCCCCCC/C=C\C/C=C\C/C=C\CC. The van der Waals surface area contributed by atoms with E-state index in [2.05, 4.69) is 142 Å². The second kappa shape index (κ2) is 52.4. The van der Waals surface area contributed by atoms with Crippen LogP contribution < -0.4 is 0 Å². The summed E-state index contributed by atoms with van der Waals surface area (Å²) in [5, 5.41) is 0. The van der Waals surface area contributed by atoms with Gasteiger partial charge in [-0.15, -0.1) is 0 Å². The molecule has 65 heavy (non-hydrogen) atoms. The van der Waals surface area contributed by atoms with Gasteiger partial charge in [-0.1, -0.05) is 206 Å². The maximum atomic E-state index is 12.7. The van der Waals surface area contributed by atoms with E-state index >= 15 is 0 Å². The molecule has 0 bridgehead atoms. The van der Waals surface area contributed by atoms with E-state index in [4.69, 9.17) is 14.2 Å². The number of carbonyl (C=O) groups is 3. The lowest BCUT2D eigenvalue weighted by Crippen LogP contribution is -2.30. The van der Waals surface area contributed by atoms with E-state index in [0.717, 1.165) is 173 Å². The highest BCUT2D eigenvalue weighted by molar-refractivity contribution is 5.71. The maximum Gasteiger partial charge on any atom is 0.306 e. The molecule has 0 aliphatic rings. The molecule has 0 fully saturated rings. The van der Waals surface area contributed by atoms with Crippen LogP contribution >= 0.6 is 0 Å². The van der Waals surface area contributed by atoms with Crippen molar-refractivity contribution in [1.29, 1.82) is 0 Å². The first-order chi connectivity index (χ1) is 32.0. The summed E-state index contributed by atoms with van der Waals surface area (Å²) in [6.07, 6.45) is 72.2. The molecular weight excluding hydrogens is 805 g/mol. The van der Waals surface area contributed by atoms with Crippen LogP contribution in [0.4, 0.5) is 0 Å².